The highest BCUT2D eigenvalue weighted by Gasteiger charge is 2.54. The number of hydrogen-bond donors (Lipinski definition) is 19. The van der Waals surface area contributed by atoms with E-state index in [0.717, 1.165) is 11.8 Å². The highest BCUT2D eigenvalue weighted by molar-refractivity contribution is 7.99. The van der Waals surface area contributed by atoms with E-state index < -0.39 is 197 Å². The van der Waals surface area contributed by atoms with Crippen molar-refractivity contribution in [1.29, 1.82) is 0 Å². The van der Waals surface area contributed by atoms with Crippen molar-refractivity contribution in [3.63, 3.8) is 0 Å². The molecule has 0 spiro atoms. The molecule has 71 heavy (non-hydrogen) atoms. The third-order valence-electron chi connectivity index (χ3n) is 13.3. The van der Waals surface area contributed by atoms with E-state index >= 15 is 0 Å². The predicted octanol–water partition coefficient (Wildman–Crippen LogP) is -10.4. The van der Waals surface area contributed by atoms with Crippen LogP contribution in [0, 0.1) is 0 Å². The van der Waals surface area contributed by atoms with Crippen LogP contribution in [-0.4, -0.2) is 320 Å². The maximum Gasteiger partial charge on any atom is 0.187 e. The van der Waals surface area contributed by atoms with Crippen LogP contribution in [0.1, 0.15) is 13.3 Å². The molecule has 30 heteroatoms. The van der Waals surface area contributed by atoms with E-state index in [2.05, 4.69) is 5.32 Å². The average Bonchev–Trinajstić information content (AvgIpc) is 3.35. The quantitative estimate of drug-likeness (QED) is 0.0375. The van der Waals surface area contributed by atoms with Gasteiger partial charge < -0.3 is 140 Å². The second-order valence-electron chi connectivity index (χ2n) is 18.2. The van der Waals surface area contributed by atoms with Gasteiger partial charge in [-0.05, 0) is 12.5 Å². The number of thioether (sulfide) groups is 2. The van der Waals surface area contributed by atoms with Crippen LogP contribution < -0.4 is 5.32 Å². The summed E-state index contributed by atoms with van der Waals surface area (Å²) in [6, 6.07) is -2.24. The van der Waals surface area contributed by atoms with Crippen LogP contribution in [0.15, 0.2) is 11.6 Å². The minimum absolute atomic E-state index is 0.00479. The van der Waals surface area contributed by atoms with Crippen molar-refractivity contribution in [1.82, 2.24) is 5.32 Å². The molecule has 6 rings (SSSR count). The van der Waals surface area contributed by atoms with Crippen LogP contribution in [-0.2, 0) is 42.6 Å². The first-order chi connectivity index (χ1) is 33.8. The Kier molecular flexibility index (Phi) is 22.7. The SMILES string of the molecule is CC1O[C@H](O[C@@H]2C(CO)O[C@H](O[C@@H]3C(CO)O[C@@H](SCCOCCSCC4C[C@H](O)C(O)[C@@H](O[C@@H]5C(CO)O[C@H](O)C(O)[C@H]5O)O4)C(O)[C@H]3O)C(O)[C@H]2O)C(O)[C@@H](O)[C@@H]1N[C@H]1C=C(CO)[C@@H](O)C(O)[C@@H]1O. The molecule has 28 atom stereocenters. The molecule has 0 bridgehead atoms. The molecule has 0 amide bonds. The zero-order valence-corrected chi connectivity index (χ0v) is 40.0. The van der Waals surface area contributed by atoms with Gasteiger partial charge in [-0.15, -0.1) is 11.8 Å². The Bertz CT molecular complexity index is 1630. The number of aliphatic hydroxyl groups is 18. The topological polar surface area (TPSA) is 459 Å². The standard InChI is InChI=1S/C41H71NO27S2/c1-13-21(42-16-6-14(8-43)22(48)26(52)23(16)49)25(51)31(57)39(62-13)68-35-19(10-45)65-40(32(58)28(35)54)69-36-20(11-46)66-41(33(59)29(36)55)71-5-3-61-2-4-70-12-15-7-17(47)24(50)38(63-15)67-34-18(9-44)64-37(60)30(56)27(34)53/h6,13,15-60H,2-5,7-12H2,1H3/t13?,15?,16-,17-,18?,19?,20?,21+,22+,23+,24?,25-,26?,27+,28+,29+,30?,31?,32?,33?,34+,35+,36+,37-,38+,39+,40+,41-/m0/s1. The lowest BCUT2D eigenvalue weighted by molar-refractivity contribution is -0.366. The largest absolute Gasteiger partial charge is 0.394 e. The second kappa shape index (κ2) is 27.1. The van der Waals surface area contributed by atoms with E-state index in [9.17, 15) is 91.9 Å². The molecule has 5 saturated heterocycles. The van der Waals surface area contributed by atoms with Crippen LogP contribution >= 0.6 is 23.5 Å². The lowest BCUT2D eigenvalue weighted by Gasteiger charge is -2.49. The lowest BCUT2D eigenvalue weighted by Crippen LogP contribution is -2.68. The van der Waals surface area contributed by atoms with Crippen molar-refractivity contribution < 1.29 is 135 Å². The summed E-state index contributed by atoms with van der Waals surface area (Å²) in [5.74, 6) is 1.03. The first kappa shape index (κ1) is 59.6. The molecule has 11 unspecified atom stereocenters. The van der Waals surface area contributed by atoms with Gasteiger partial charge in [0, 0.05) is 23.7 Å². The summed E-state index contributed by atoms with van der Waals surface area (Å²) in [6.45, 7) is -1.06. The fourth-order valence-electron chi connectivity index (χ4n) is 9.12. The molecule has 28 nitrogen and oxygen atoms in total. The van der Waals surface area contributed by atoms with Gasteiger partial charge in [-0.2, -0.15) is 11.8 Å². The fourth-order valence-corrected chi connectivity index (χ4v) is 11.0. The van der Waals surface area contributed by atoms with Gasteiger partial charge in [0.25, 0.3) is 0 Å². The van der Waals surface area contributed by atoms with E-state index in [1.165, 1.54) is 24.8 Å². The monoisotopic (exact) mass is 1070 g/mol. The van der Waals surface area contributed by atoms with Gasteiger partial charge in [0.1, 0.15) is 115 Å². The molecule has 5 aliphatic heterocycles. The molecule has 0 radical (unpaired) electrons. The zero-order valence-electron chi connectivity index (χ0n) is 38.4. The maximum absolute atomic E-state index is 11.2. The Morgan fingerprint density at radius 2 is 1.10 bits per heavy atom. The number of rotatable bonds is 21. The van der Waals surface area contributed by atoms with Crippen molar-refractivity contribution in [2.45, 2.75) is 184 Å². The Morgan fingerprint density at radius 1 is 0.563 bits per heavy atom. The Morgan fingerprint density at radius 3 is 1.72 bits per heavy atom. The number of nitrogens with one attached hydrogen (secondary N) is 1. The van der Waals surface area contributed by atoms with Gasteiger partial charge in [0.05, 0.1) is 70.0 Å². The van der Waals surface area contributed by atoms with Crippen LogP contribution in [0.2, 0.25) is 0 Å². The lowest BCUT2D eigenvalue weighted by atomic mass is 9.86. The molecule has 5 heterocycles. The van der Waals surface area contributed by atoms with Crippen LogP contribution in [0.3, 0.4) is 0 Å². The minimum atomic E-state index is -1.97. The van der Waals surface area contributed by atoms with Crippen LogP contribution in [0.5, 0.6) is 0 Å². The van der Waals surface area contributed by atoms with Gasteiger partial charge in [0.2, 0.25) is 0 Å². The zero-order chi connectivity index (χ0) is 52.0. The first-order valence-electron chi connectivity index (χ1n) is 23.2. The number of aliphatic hydroxyl groups excluding tert-OH is 18. The van der Waals surface area contributed by atoms with E-state index in [0.29, 0.717) is 11.5 Å². The fraction of sp³-hybridized carbons (Fsp3) is 0.951. The van der Waals surface area contributed by atoms with Crippen molar-refractivity contribution >= 4 is 23.5 Å². The smallest absolute Gasteiger partial charge is 0.187 e. The van der Waals surface area contributed by atoms with Gasteiger partial charge in [0.15, 0.2) is 25.2 Å². The normalized spacial score (nSPS) is 48.9. The molecule has 414 valence electrons. The summed E-state index contributed by atoms with van der Waals surface area (Å²) >= 11 is 2.45. The molecular weight excluding hydrogens is 1000 g/mol. The van der Waals surface area contributed by atoms with Crippen molar-refractivity contribution in [3.8, 4) is 0 Å². The maximum atomic E-state index is 11.2. The van der Waals surface area contributed by atoms with Crippen molar-refractivity contribution in [2.75, 3.05) is 56.9 Å². The van der Waals surface area contributed by atoms with E-state index in [1.807, 2.05) is 0 Å². The summed E-state index contributed by atoms with van der Waals surface area (Å²) in [5.41, 5.74) is -1.09. The van der Waals surface area contributed by atoms with E-state index in [-0.39, 0.29) is 31.0 Å². The second-order valence-corrected chi connectivity index (χ2v) is 20.5. The van der Waals surface area contributed by atoms with Gasteiger partial charge in [-0.3, -0.25) is 0 Å². The highest BCUT2D eigenvalue weighted by atomic mass is 32.2. The third kappa shape index (κ3) is 13.9. The highest BCUT2D eigenvalue weighted by Crippen LogP contribution is 2.36. The number of hydrogen-bond acceptors (Lipinski definition) is 30. The van der Waals surface area contributed by atoms with Crippen molar-refractivity contribution in [2.24, 2.45) is 0 Å². The Labute approximate surface area is 415 Å². The molecular formula is C41H71NO27S2. The average molecular weight is 1070 g/mol. The van der Waals surface area contributed by atoms with Crippen molar-refractivity contribution in [3.05, 3.63) is 11.6 Å². The van der Waals surface area contributed by atoms with Crippen LogP contribution in [0.4, 0.5) is 0 Å². The Hall–Kier alpha value is -0.680. The molecule has 5 fully saturated rings. The van der Waals surface area contributed by atoms with E-state index in [1.54, 1.807) is 0 Å². The summed E-state index contributed by atoms with van der Waals surface area (Å²) in [7, 11) is 0. The summed E-state index contributed by atoms with van der Waals surface area (Å²) < 4.78 is 51.1. The van der Waals surface area contributed by atoms with Crippen LogP contribution in [0.25, 0.3) is 0 Å². The van der Waals surface area contributed by atoms with Gasteiger partial charge >= 0.3 is 0 Å². The molecule has 1 aliphatic carbocycles. The third-order valence-corrected chi connectivity index (χ3v) is 15.5. The predicted molar refractivity (Wildman–Crippen MR) is 236 cm³/mol. The summed E-state index contributed by atoms with van der Waals surface area (Å²) in [4.78, 5) is 0. The molecule has 19 N–H and O–H groups in total. The van der Waals surface area contributed by atoms with Gasteiger partial charge in [-0.1, -0.05) is 6.08 Å². The molecule has 6 aliphatic rings. The van der Waals surface area contributed by atoms with E-state index in [4.69, 9.17) is 42.6 Å². The Balaban J connectivity index is 0.918. The molecule has 0 aromatic rings. The summed E-state index contributed by atoms with van der Waals surface area (Å²) in [5, 5.41) is 191. The summed E-state index contributed by atoms with van der Waals surface area (Å²) in [6.07, 6.45) is -37.5. The number of ether oxygens (including phenoxy) is 9. The minimum Gasteiger partial charge on any atom is -0.394 e. The van der Waals surface area contributed by atoms with Gasteiger partial charge in [-0.25, -0.2) is 0 Å². The first-order valence-corrected chi connectivity index (χ1v) is 25.4. The molecule has 0 saturated carbocycles. The molecule has 0 aromatic heterocycles. The molecule has 0 aromatic carbocycles.